The van der Waals surface area contributed by atoms with E-state index >= 15 is 0 Å². The van der Waals surface area contributed by atoms with Gasteiger partial charge in [0.15, 0.2) is 8.32 Å². The quantitative estimate of drug-likeness (QED) is 0.387. The average Bonchev–Trinajstić information content (AvgIpc) is 2.87. The summed E-state index contributed by atoms with van der Waals surface area (Å²) in [5.41, 5.74) is -0.352. The first-order valence-electron chi connectivity index (χ1n) is 9.62. The van der Waals surface area contributed by atoms with Crippen LogP contribution in [0.3, 0.4) is 0 Å². The third-order valence-corrected chi connectivity index (χ3v) is 9.63. The molecule has 1 fully saturated rings. The van der Waals surface area contributed by atoms with Crippen molar-refractivity contribution in [3.05, 3.63) is 12.2 Å². The molecule has 0 aliphatic carbocycles. The van der Waals surface area contributed by atoms with Gasteiger partial charge in [0.05, 0.1) is 24.3 Å². The molecule has 1 amide bonds. The number of carbonyl (C=O) groups is 2. The van der Waals surface area contributed by atoms with Crippen molar-refractivity contribution in [2.75, 3.05) is 13.2 Å². The van der Waals surface area contributed by atoms with Crippen LogP contribution < -0.4 is 0 Å². The standard InChI is InChI=1S/C20H37NO5Si/c1-11-24-17(22)14(2)16-12-15(26-27(9,10)20(6,7)8)13-21(16)18(23)25-19(3,4)5/h15-16H,2,11-13H2,1,3-10H3/t15-,16+/m1/s1. The molecule has 0 aromatic carbocycles. The van der Waals surface area contributed by atoms with Gasteiger partial charge in [-0.2, -0.15) is 0 Å². The molecule has 1 saturated heterocycles. The molecular weight excluding hydrogens is 362 g/mol. The highest BCUT2D eigenvalue weighted by Gasteiger charge is 2.46. The second-order valence-corrected chi connectivity index (χ2v) is 14.4. The Bertz CT molecular complexity index is 574. The molecule has 2 atom stereocenters. The molecule has 0 spiro atoms. The van der Waals surface area contributed by atoms with Crippen LogP contribution in [0.1, 0.15) is 54.9 Å². The predicted octanol–water partition coefficient (Wildman–Crippen LogP) is 4.51. The molecular formula is C20H37NO5Si. The Hall–Kier alpha value is -1.34. The summed E-state index contributed by atoms with van der Waals surface area (Å²) < 4.78 is 17.1. The Morgan fingerprint density at radius 2 is 1.70 bits per heavy atom. The van der Waals surface area contributed by atoms with Crippen LogP contribution in [-0.4, -0.2) is 56.2 Å². The van der Waals surface area contributed by atoms with Crippen molar-refractivity contribution in [2.45, 2.75) is 90.8 Å². The molecule has 0 aromatic heterocycles. The van der Waals surface area contributed by atoms with Crippen LogP contribution in [0.15, 0.2) is 12.2 Å². The number of esters is 1. The number of rotatable bonds is 5. The molecule has 156 valence electrons. The van der Waals surface area contributed by atoms with Crippen molar-refractivity contribution in [3.8, 4) is 0 Å². The fourth-order valence-corrected chi connectivity index (χ4v) is 4.05. The number of hydrogen-bond donors (Lipinski definition) is 0. The fraction of sp³-hybridized carbons (Fsp3) is 0.800. The highest BCUT2D eigenvalue weighted by Crippen LogP contribution is 2.39. The predicted molar refractivity (Wildman–Crippen MR) is 109 cm³/mol. The van der Waals surface area contributed by atoms with E-state index in [-0.39, 0.29) is 23.3 Å². The summed E-state index contributed by atoms with van der Waals surface area (Å²) >= 11 is 0. The van der Waals surface area contributed by atoms with Gasteiger partial charge in [-0.25, -0.2) is 9.59 Å². The smallest absolute Gasteiger partial charge is 0.410 e. The van der Waals surface area contributed by atoms with E-state index in [0.29, 0.717) is 13.0 Å². The molecule has 1 aliphatic heterocycles. The van der Waals surface area contributed by atoms with E-state index < -0.39 is 32.0 Å². The molecule has 1 heterocycles. The first-order chi connectivity index (χ1) is 12.1. The molecule has 0 aromatic rings. The Morgan fingerprint density at radius 3 is 2.15 bits per heavy atom. The molecule has 0 N–H and O–H groups in total. The Labute approximate surface area is 165 Å². The van der Waals surface area contributed by atoms with Gasteiger partial charge in [0.2, 0.25) is 0 Å². The summed E-state index contributed by atoms with van der Waals surface area (Å²) in [5, 5.41) is 0.0555. The zero-order valence-corrected chi connectivity index (χ0v) is 19.5. The molecule has 7 heteroatoms. The largest absolute Gasteiger partial charge is 0.463 e. The van der Waals surface area contributed by atoms with E-state index in [9.17, 15) is 9.59 Å². The lowest BCUT2D eigenvalue weighted by atomic mass is 10.1. The van der Waals surface area contributed by atoms with Crippen LogP contribution >= 0.6 is 0 Å². The molecule has 1 aliphatic rings. The van der Waals surface area contributed by atoms with Gasteiger partial charge in [-0.1, -0.05) is 27.4 Å². The zero-order valence-electron chi connectivity index (χ0n) is 18.5. The maximum Gasteiger partial charge on any atom is 0.410 e. The minimum absolute atomic E-state index is 0.0555. The Kier molecular flexibility index (Phi) is 7.33. The van der Waals surface area contributed by atoms with E-state index in [1.807, 2.05) is 20.8 Å². The Balaban J connectivity index is 3.04. The lowest BCUT2D eigenvalue weighted by molar-refractivity contribution is -0.139. The molecule has 1 rings (SSSR count). The highest BCUT2D eigenvalue weighted by molar-refractivity contribution is 6.74. The van der Waals surface area contributed by atoms with Gasteiger partial charge in [-0.3, -0.25) is 4.90 Å². The number of nitrogens with zero attached hydrogens (tertiary/aromatic N) is 1. The zero-order chi connectivity index (χ0) is 21.2. The lowest BCUT2D eigenvalue weighted by Crippen LogP contribution is -2.45. The molecule has 27 heavy (non-hydrogen) atoms. The van der Waals surface area contributed by atoms with Gasteiger partial charge in [-0.05, 0) is 52.2 Å². The fourth-order valence-electron chi connectivity index (χ4n) is 2.69. The van der Waals surface area contributed by atoms with Gasteiger partial charge in [0.25, 0.3) is 0 Å². The van der Waals surface area contributed by atoms with Gasteiger partial charge in [0, 0.05) is 6.54 Å². The maximum absolute atomic E-state index is 12.7. The van der Waals surface area contributed by atoms with Gasteiger partial charge in [0.1, 0.15) is 5.60 Å². The summed E-state index contributed by atoms with van der Waals surface area (Å²) in [4.78, 5) is 26.5. The maximum atomic E-state index is 12.7. The molecule has 0 saturated carbocycles. The number of amides is 1. The molecule has 0 unspecified atom stereocenters. The van der Waals surface area contributed by atoms with E-state index in [1.54, 1.807) is 11.8 Å². The van der Waals surface area contributed by atoms with Gasteiger partial charge >= 0.3 is 12.1 Å². The van der Waals surface area contributed by atoms with Crippen LogP contribution in [0.2, 0.25) is 18.1 Å². The van der Waals surface area contributed by atoms with Crippen molar-refractivity contribution in [1.29, 1.82) is 0 Å². The van der Waals surface area contributed by atoms with Crippen LogP contribution in [0.4, 0.5) is 4.79 Å². The molecule has 0 radical (unpaired) electrons. The number of ether oxygens (including phenoxy) is 2. The molecule has 0 bridgehead atoms. The third kappa shape index (κ3) is 6.35. The topological polar surface area (TPSA) is 65.1 Å². The average molecular weight is 400 g/mol. The summed E-state index contributed by atoms with van der Waals surface area (Å²) in [6, 6.07) is -0.478. The SMILES string of the molecule is C=C(C(=O)OCC)[C@@H]1C[C@@H](O[Si](C)(C)C(C)(C)C)CN1C(=O)OC(C)(C)C. The van der Waals surface area contributed by atoms with Crippen LogP contribution in [-0.2, 0) is 18.7 Å². The van der Waals surface area contributed by atoms with Crippen molar-refractivity contribution >= 4 is 20.4 Å². The number of carbonyl (C=O) groups excluding carboxylic acids is 2. The van der Waals surface area contributed by atoms with Crippen molar-refractivity contribution in [3.63, 3.8) is 0 Å². The number of likely N-dealkylation sites (tertiary alicyclic amines) is 1. The van der Waals surface area contributed by atoms with Crippen LogP contribution in [0.25, 0.3) is 0 Å². The van der Waals surface area contributed by atoms with Crippen LogP contribution in [0, 0.1) is 0 Å². The summed E-state index contributed by atoms with van der Waals surface area (Å²) in [6.07, 6.45) is -0.0995. The van der Waals surface area contributed by atoms with Gasteiger partial charge < -0.3 is 13.9 Å². The normalized spacial score (nSPS) is 21.1. The number of hydrogen-bond acceptors (Lipinski definition) is 5. The van der Waals surface area contributed by atoms with E-state index in [4.69, 9.17) is 13.9 Å². The van der Waals surface area contributed by atoms with Gasteiger partial charge in [-0.15, -0.1) is 0 Å². The van der Waals surface area contributed by atoms with Crippen LogP contribution in [0.5, 0.6) is 0 Å². The lowest BCUT2D eigenvalue weighted by Gasteiger charge is -2.38. The van der Waals surface area contributed by atoms with Crippen molar-refractivity contribution < 1.29 is 23.5 Å². The summed E-state index contributed by atoms with van der Waals surface area (Å²) in [5.74, 6) is -0.482. The molecule has 6 nitrogen and oxygen atoms in total. The van der Waals surface area contributed by atoms with E-state index in [1.165, 1.54) is 0 Å². The minimum atomic E-state index is -2.01. The second kappa shape index (κ2) is 8.35. The van der Waals surface area contributed by atoms with Crippen molar-refractivity contribution in [2.24, 2.45) is 0 Å². The Morgan fingerprint density at radius 1 is 1.15 bits per heavy atom. The monoisotopic (exact) mass is 399 g/mol. The minimum Gasteiger partial charge on any atom is -0.463 e. The third-order valence-electron chi connectivity index (χ3n) is 5.10. The summed E-state index contributed by atoms with van der Waals surface area (Å²) in [7, 11) is -2.01. The summed E-state index contributed by atoms with van der Waals surface area (Å²) in [6.45, 7) is 22.6. The van der Waals surface area contributed by atoms with Crippen molar-refractivity contribution in [1.82, 2.24) is 4.90 Å². The van der Waals surface area contributed by atoms with E-state index in [0.717, 1.165) is 0 Å². The van der Waals surface area contributed by atoms with E-state index in [2.05, 4.69) is 40.4 Å². The first-order valence-corrected chi connectivity index (χ1v) is 12.5. The first kappa shape index (κ1) is 23.7. The second-order valence-electron chi connectivity index (χ2n) is 9.63. The highest BCUT2D eigenvalue weighted by atomic mass is 28.4.